The molecule has 2 rings (SSSR count). The molecule has 0 radical (unpaired) electrons. The molecule has 0 unspecified atom stereocenters. The first kappa shape index (κ1) is 23.4. The number of carbonyl (C=O) groups excluding carboxylic acids is 2. The molecule has 1 amide bonds. The van der Waals surface area contributed by atoms with Crippen molar-refractivity contribution in [2.45, 2.75) is 33.0 Å². The van der Waals surface area contributed by atoms with Crippen LogP contribution in [-0.2, 0) is 33.5 Å². The molecule has 0 heterocycles. The van der Waals surface area contributed by atoms with Gasteiger partial charge in [0.05, 0.1) is 25.3 Å². The maximum atomic E-state index is 12.8. The van der Waals surface area contributed by atoms with Crippen LogP contribution < -0.4 is 5.32 Å². The van der Waals surface area contributed by atoms with Gasteiger partial charge in [0.2, 0.25) is 5.91 Å². The Kier molecular flexibility index (Phi) is 8.41. The number of rotatable bonds is 9. The smallest absolute Gasteiger partial charge is 0.416 e. The molecule has 5 nitrogen and oxygen atoms in total. The highest BCUT2D eigenvalue weighted by molar-refractivity contribution is 5.93. The van der Waals surface area contributed by atoms with Crippen LogP contribution in [0.3, 0.4) is 0 Å². The Labute approximate surface area is 173 Å². The predicted octanol–water partition coefficient (Wildman–Crippen LogP) is 4.27. The largest absolute Gasteiger partial charge is 0.465 e. The highest BCUT2D eigenvalue weighted by Crippen LogP contribution is 2.29. The minimum atomic E-state index is -4.42. The van der Waals surface area contributed by atoms with Gasteiger partial charge in [0, 0.05) is 12.2 Å². The normalized spacial score (nSPS) is 11.4. The van der Waals surface area contributed by atoms with Gasteiger partial charge in [-0.25, -0.2) is 0 Å². The van der Waals surface area contributed by atoms with Crippen LogP contribution in [0.1, 0.15) is 30.5 Å². The first-order valence-corrected chi connectivity index (χ1v) is 9.64. The van der Waals surface area contributed by atoms with Crippen molar-refractivity contribution >= 4 is 17.6 Å². The van der Waals surface area contributed by atoms with Crippen LogP contribution in [0.4, 0.5) is 18.9 Å². The molecule has 0 bridgehead atoms. The number of para-hydroxylation sites is 1. The maximum Gasteiger partial charge on any atom is 0.416 e. The molecule has 0 spiro atoms. The molecule has 0 saturated heterocycles. The number of hydrogen-bond acceptors (Lipinski definition) is 4. The molecule has 0 saturated carbocycles. The number of hydrogen-bond donors (Lipinski definition) is 1. The van der Waals surface area contributed by atoms with E-state index in [9.17, 15) is 22.8 Å². The molecule has 2 aromatic rings. The van der Waals surface area contributed by atoms with Gasteiger partial charge in [-0.3, -0.25) is 14.5 Å². The summed E-state index contributed by atoms with van der Waals surface area (Å²) in [7, 11) is 0. The molecule has 0 aliphatic rings. The Bertz CT molecular complexity index is 851. The van der Waals surface area contributed by atoms with E-state index in [1.165, 1.54) is 17.0 Å². The Hall–Kier alpha value is -2.87. The van der Waals surface area contributed by atoms with E-state index < -0.39 is 17.7 Å². The quantitative estimate of drug-likeness (QED) is 0.613. The van der Waals surface area contributed by atoms with E-state index in [0.717, 1.165) is 24.1 Å². The number of nitrogens with zero attached hydrogens (tertiary/aromatic N) is 1. The Balaban J connectivity index is 2.10. The lowest BCUT2D eigenvalue weighted by Gasteiger charge is -2.21. The van der Waals surface area contributed by atoms with Gasteiger partial charge in [-0.15, -0.1) is 0 Å². The summed E-state index contributed by atoms with van der Waals surface area (Å²) in [5, 5.41) is 2.83. The van der Waals surface area contributed by atoms with E-state index >= 15 is 0 Å². The third kappa shape index (κ3) is 7.18. The topological polar surface area (TPSA) is 58.6 Å². The molecule has 162 valence electrons. The third-order valence-corrected chi connectivity index (χ3v) is 4.39. The lowest BCUT2D eigenvalue weighted by molar-refractivity contribution is -0.144. The van der Waals surface area contributed by atoms with Crippen molar-refractivity contribution in [2.75, 3.05) is 25.0 Å². The van der Waals surface area contributed by atoms with Crippen molar-refractivity contribution < 1.29 is 27.5 Å². The van der Waals surface area contributed by atoms with Gasteiger partial charge in [-0.2, -0.15) is 13.2 Å². The molecular formula is C22H25F3N2O3. The number of esters is 1. The van der Waals surface area contributed by atoms with Crippen LogP contribution in [0.2, 0.25) is 0 Å². The van der Waals surface area contributed by atoms with Crippen molar-refractivity contribution in [2.24, 2.45) is 0 Å². The molecule has 8 heteroatoms. The summed E-state index contributed by atoms with van der Waals surface area (Å²) in [4.78, 5) is 26.0. The average Bonchev–Trinajstić information content (AvgIpc) is 2.68. The van der Waals surface area contributed by atoms with Crippen LogP contribution in [-0.4, -0.2) is 36.5 Å². The summed E-state index contributed by atoms with van der Waals surface area (Å²) in [6.07, 6.45) is -3.68. The van der Waals surface area contributed by atoms with Crippen molar-refractivity contribution in [1.29, 1.82) is 0 Å². The SMILES string of the molecule is CCOC(=O)CN(CC(=O)Nc1ccccc1CC)Cc1ccc(C(F)(F)F)cc1. The average molecular weight is 422 g/mol. The summed E-state index contributed by atoms with van der Waals surface area (Å²) < 4.78 is 43.2. The Morgan fingerprint density at radius 2 is 1.67 bits per heavy atom. The fourth-order valence-electron chi connectivity index (χ4n) is 2.96. The van der Waals surface area contributed by atoms with Crippen LogP contribution >= 0.6 is 0 Å². The van der Waals surface area contributed by atoms with Gasteiger partial charge < -0.3 is 10.1 Å². The van der Waals surface area contributed by atoms with Crippen LogP contribution in [0, 0.1) is 0 Å². The molecule has 0 atom stereocenters. The van der Waals surface area contributed by atoms with Crippen molar-refractivity contribution in [3.63, 3.8) is 0 Å². The Morgan fingerprint density at radius 3 is 2.27 bits per heavy atom. The van der Waals surface area contributed by atoms with E-state index in [1.807, 2.05) is 25.1 Å². The minimum Gasteiger partial charge on any atom is -0.465 e. The predicted molar refractivity (Wildman–Crippen MR) is 108 cm³/mol. The molecular weight excluding hydrogens is 397 g/mol. The number of aryl methyl sites for hydroxylation is 1. The highest BCUT2D eigenvalue weighted by atomic mass is 19.4. The molecule has 1 N–H and O–H groups in total. The Morgan fingerprint density at radius 1 is 1.00 bits per heavy atom. The number of alkyl halides is 3. The zero-order valence-corrected chi connectivity index (χ0v) is 17.0. The second-order valence-corrected chi connectivity index (χ2v) is 6.70. The molecule has 30 heavy (non-hydrogen) atoms. The second-order valence-electron chi connectivity index (χ2n) is 6.70. The number of amides is 1. The number of carbonyl (C=O) groups is 2. The fraction of sp³-hybridized carbons (Fsp3) is 0.364. The van der Waals surface area contributed by atoms with Crippen LogP contribution in [0.5, 0.6) is 0 Å². The fourth-order valence-corrected chi connectivity index (χ4v) is 2.96. The summed E-state index contributed by atoms with van der Waals surface area (Å²) in [5.74, 6) is -0.835. The number of benzene rings is 2. The number of ether oxygens (including phenoxy) is 1. The van der Waals surface area contributed by atoms with Gasteiger partial charge in [0.15, 0.2) is 0 Å². The monoisotopic (exact) mass is 422 g/mol. The van der Waals surface area contributed by atoms with E-state index in [4.69, 9.17) is 4.74 Å². The van der Waals surface area contributed by atoms with E-state index in [2.05, 4.69) is 5.32 Å². The van der Waals surface area contributed by atoms with Gasteiger partial charge in [-0.1, -0.05) is 37.3 Å². The number of halogens is 3. The van der Waals surface area contributed by atoms with Crippen molar-refractivity contribution in [1.82, 2.24) is 4.90 Å². The zero-order valence-electron chi connectivity index (χ0n) is 17.0. The first-order valence-electron chi connectivity index (χ1n) is 9.64. The minimum absolute atomic E-state index is 0.113. The van der Waals surface area contributed by atoms with Crippen molar-refractivity contribution in [3.05, 3.63) is 65.2 Å². The van der Waals surface area contributed by atoms with Crippen molar-refractivity contribution in [3.8, 4) is 0 Å². The van der Waals surface area contributed by atoms with E-state index in [-0.39, 0.29) is 32.1 Å². The van der Waals surface area contributed by atoms with Gasteiger partial charge in [0.1, 0.15) is 0 Å². The standard InChI is InChI=1S/C22H25F3N2O3/c1-3-17-7-5-6-8-19(17)26-20(28)14-27(15-21(29)30-4-2)13-16-9-11-18(12-10-16)22(23,24)25/h5-12H,3-4,13-15H2,1-2H3,(H,26,28). The lowest BCUT2D eigenvalue weighted by Crippen LogP contribution is -2.37. The molecule has 0 fully saturated rings. The highest BCUT2D eigenvalue weighted by Gasteiger charge is 2.30. The first-order chi connectivity index (χ1) is 14.2. The van der Waals surface area contributed by atoms with Crippen LogP contribution in [0.25, 0.3) is 0 Å². The molecule has 0 aromatic heterocycles. The zero-order chi connectivity index (χ0) is 22.1. The summed E-state index contributed by atoms with van der Waals surface area (Å²) in [5.41, 5.74) is 1.47. The summed E-state index contributed by atoms with van der Waals surface area (Å²) in [6, 6.07) is 12.0. The van der Waals surface area contributed by atoms with E-state index in [1.54, 1.807) is 13.0 Å². The van der Waals surface area contributed by atoms with Gasteiger partial charge in [-0.05, 0) is 42.7 Å². The molecule has 0 aliphatic carbocycles. The van der Waals surface area contributed by atoms with E-state index in [0.29, 0.717) is 11.3 Å². The summed E-state index contributed by atoms with van der Waals surface area (Å²) >= 11 is 0. The molecule has 0 aliphatic heterocycles. The number of nitrogens with one attached hydrogen (secondary N) is 1. The summed E-state index contributed by atoms with van der Waals surface area (Å²) in [6.45, 7) is 3.70. The maximum absolute atomic E-state index is 12.8. The van der Waals surface area contributed by atoms with Gasteiger partial charge in [0.25, 0.3) is 0 Å². The van der Waals surface area contributed by atoms with Crippen LogP contribution in [0.15, 0.2) is 48.5 Å². The van der Waals surface area contributed by atoms with Gasteiger partial charge >= 0.3 is 12.1 Å². The molecule has 2 aromatic carbocycles. The third-order valence-electron chi connectivity index (χ3n) is 4.39. The second kappa shape index (κ2) is 10.8. The number of anilines is 1. The lowest BCUT2D eigenvalue weighted by atomic mass is 10.1.